The maximum absolute atomic E-state index is 12.3. The minimum absolute atomic E-state index is 0.201. The van der Waals surface area contributed by atoms with Gasteiger partial charge in [-0.3, -0.25) is 0 Å². The van der Waals surface area contributed by atoms with Crippen molar-refractivity contribution in [3.8, 4) is 16.9 Å². The number of hydrogen-bond acceptors (Lipinski definition) is 1. The van der Waals surface area contributed by atoms with E-state index in [1.54, 1.807) is 43.1 Å². The van der Waals surface area contributed by atoms with Crippen molar-refractivity contribution in [1.29, 1.82) is 0 Å². The molecule has 0 unspecified atom stereocenters. The van der Waals surface area contributed by atoms with E-state index >= 15 is 0 Å². The van der Waals surface area contributed by atoms with Gasteiger partial charge in [0.25, 0.3) is 0 Å². The van der Waals surface area contributed by atoms with Crippen LogP contribution in [0.4, 0.5) is 8.78 Å². The maximum atomic E-state index is 12.3. The molecule has 192 valence electrons. The molecule has 1 aliphatic heterocycles. The van der Waals surface area contributed by atoms with Crippen LogP contribution in [0.5, 0.6) is 5.75 Å². The largest absolute Gasteiger partial charge is 0.435 e. The van der Waals surface area contributed by atoms with Crippen LogP contribution in [0, 0.1) is 17.8 Å². The second kappa shape index (κ2) is 13.6. The molecular formula is C31H44F2OSi. The first-order chi connectivity index (χ1) is 17.1. The number of benzene rings is 2. The van der Waals surface area contributed by atoms with Crippen LogP contribution in [0.15, 0.2) is 48.5 Å². The van der Waals surface area contributed by atoms with Gasteiger partial charge in [-0.15, -0.1) is 0 Å². The van der Waals surface area contributed by atoms with E-state index in [4.69, 9.17) is 0 Å². The fourth-order valence-corrected chi connectivity index (χ4v) is 10.2. The molecule has 1 heterocycles. The van der Waals surface area contributed by atoms with Crippen LogP contribution in [0.3, 0.4) is 0 Å². The summed E-state index contributed by atoms with van der Waals surface area (Å²) in [5.41, 5.74) is 3.54. The van der Waals surface area contributed by atoms with Crippen LogP contribution in [0.2, 0.25) is 18.1 Å². The van der Waals surface area contributed by atoms with Crippen molar-refractivity contribution in [2.75, 3.05) is 0 Å². The molecular weight excluding hydrogens is 454 g/mol. The molecule has 0 N–H and O–H groups in total. The van der Waals surface area contributed by atoms with Crippen molar-refractivity contribution in [2.45, 2.75) is 102 Å². The zero-order valence-electron chi connectivity index (χ0n) is 21.6. The molecule has 2 fully saturated rings. The lowest BCUT2D eigenvalue weighted by atomic mass is 9.73. The highest BCUT2D eigenvalue weighted by molar-refractivity contribution is 6.58. The summed E-state index contributed by atoms with van der Waals surface area (Å²) in [5.74, 6) is 3.17. The molecule has 4 heteroatoms. The lowest BCUT2D eigenvalue weighted by Gasteiger charge is -2.37. The van der Waals surface area contributed by atoms with Crippen molar-refractivity contribution >= 4 is 8.80 Å². The summed E-state index contributed by atoms with van der Waals surface area (Å²) in [7, 11) is -0.374. The maximum Gasteiger partial charge on any atom is 0.387 e. The lowest BCUT2D eigenvalue weighted by Crippen LogP contribution is -2.28. The number of ether oxygens (including phenoxy) is 1. The molecule has 0 bridgehead atoms. The summed E-state index contributed by atoms with van der Waals surface area (Å²) in [6.45, 7) is -0.456. The summed E-state index contributed by atoms with van der Waals surface area (Å²) in [6.07, 6.45) is 15.7. The first-order valence-electron chi connectivity index (χ1n) is 14.2. The Bertz CT molecular complexity index is 851. The van der Waals surface area contributed by atoms with E-state index < -0.39 is 6.61 Å². The second-order valence-corrected chi connectivity index (χ2v) is 14.7. The molecule has 1 nitrogen and oxygen atoms in total. The average molecular weight is 499 g/mol. The Morgan fingerprint density at radius 2 is 1.40 bits per heavy atom. The van der Waals surface area contributed by atoms with Crippen molar-refractivity contribution in [1.82, 2.24) is 0 Å². The number of rotatable bonds is 11. The molecule has 0 atom stereocenters. The average Bonchev–Trinajstić information content (AvgIpc) is 2.89. The minimum atomic E-state index is -2.78. The number of hydrogen-bond donors (Lipinski definition) is 0. The Morgan fingerprint density at radius 3 is 2.00 bits per heavy atom. The lowest BCUT2D eigenvalue weighted by molar-refractivity contribution is -0.0498. The molecule has 2 aliphatic rings. The first-order valence-corrected chi connectivity index (χ1v) is 16.7. The van der Waals surface area contributed by atoms with Crippen LogP contribution in [0.25, 0.3) is 11.1 Å². The third-order valence-corrected chi connectivity index (χ3v) is 12.4. The molecule has 0 spiro atoms. The van der Waals surface area contributed by atoms with Crippen molar-refractivity contribution < 1.29 is 13.5 Å². The van der Waals surface area contributed by atoms with Crippen LogP contribution >= 0.6 is 0 Å². The number of aryl methyl sites for hydroxylation is 1. The fourth-order valence-electron chi connectivity index (χ4n) is 6.64. The van der Waals surface area contributed by atoms with Gasteiger partial charge in [0.05, 0.1) is 0 Å². The van der Waals surface area contributed by atoms with E-state index in [-0.39, 0.29) is 14.5 Å². The summed E-state index contributed by atoms with van der Waals surface area (Å²) in [5, 5.41) is 0. The molecule has 1 aliphatic carbocycles. The van der Waals surface area contributed by atoms with E-state index in [9.17, 15) is 8.78 Å². The quantitative estimate of drug-likeness (QED) is 0.221. The molecule has 4 rings (SSSR count). The van der Waals surface area contributed by atoms with Gasteiger partial charge < -0.3 is 4.74 Å². The van der Waals surface area contributed by atoms with E-state index in [1.807, 2.05) is 12.1 Å². The third kappa shape index (κ3) is 8.16. The van der Waals surface area contributed by atoms with Gasteiger partial charge in [0.15, 0.2) is 0 Å². The molecule has 0 radical (unpaired) electrons. The summed E-state index contributed by atoms with van der Waals surface area (Å²) < 4.78 is 29.1. The van der Waals surface area contributed by atoms with E-state index in [0.29, 0.717) is 0 Å². The van der Waals surface area contributed by atoms with Gasteiger partial charge in [-0.25, -0.2) is 0 Å². The number of alkyl halides is 2. The molecule has 2 aromatic rings. The predicted octanol–water partition coefficient (Wildman–Crippen LogP) is 9.52. The van der Waals surface area contributed by atoms with Gasteiger partial charge in [0.1, 0.15) is 5.75 Å². The van der Waals surface area contributed by atoms with Crippen molar-refractivity contribution in [3.05, 3.63) is 54.1 Å². The number of halogens is 2. The summed E-state index contributed by atoms with van der Waals surface area (Å²) in [4.78, 5) is 0. The topological polar surface area (TPSA) is 9.23 Å². The Hall–Kier alpha value is -1.68. The SMILES string of the molecule is CCCCC[SiH]1CCC([C@H]2CC[C@H](CCc3ccc(-c4ccc(OC(F)F)cc4)cc3)CC2)CC1. The van der Waals surface area contributed by atoms with Gasteiger partial charge in [-0.05, 0) is 72.3 Å². The molecule has 0 aromatic heterocycles. The normalized spacial score (nSPS) is 25.0. The zero-order valence-corrected chi connectivity index (χ0v) is 22.7. The van der Waals surface area contributed by atoms with Gasteiger partial charge in [0, 0.05) is 8.80 Å². The minimum Gasteiger partial charge on any atom is -0.435 e. The van der Waals surface area contributed by atoms with E-state index in [2.05, 4.69) is 35.9 Å². The Balaban J connectivity index is 1.16. The molecule has 0 amide bonds. The van der Waals surface area contributed by atoms with Gasteiger partial charge >= 0.3 is 6.61 Å². The highest BCUT2D eigenvalue weighted by Crippen LogP contribution is 2.42. The first kappa shape index (κ1) is 26.4. The van der Waals surface area contributed by atoms with Gasteiger partial charge in [0.2, 0.25) is 0 Å². The summed E-state index contributed by atoms with van der Waals surface area (Å²) >= 11 is 0. The highest BCUT2D eigenvalue weighted by atomic mass is 28.3. The van der Waals surface area contributed by atoms with Crippen LogP contribution < -0.4 is 4.74 Å². The standard InChI is InChI=1S/C31H44F2OSi/c1-2-3-4-21-35-22-19-29(20-23-35)27-13-9-25(10-14-27)6-5-24-7-11-26(12-8-24)28-15-17-30(18-16-28)34-31(32)33/h7-8,11-12,15-18,25,27,29,31,35H,2-6,9-10,13-14,19-23H2,1H3/t25-,27-,29?,35?. The smallest absolute Gasteiger partial charge is 0.387 e. The van der Waals surface area contributed by atoms with Crippen LogP contribution in [-0.2, 0) is 6.42 Å². The van der Waals surface area contributed by atoms with Gasteiger partial charge in [-0.2, -0.15) is 8.78 Å². The van der Waals surface area contributed by atoms with Crippen LogP contribution in [-0.4, -0.2) is 15.4 Å². The molecule has 35 heavy (non-hydrogen) atoms. The Morgan fingerprint density at radius 1 is 0.800 bits per heavy atom. The summed E-state index contributed by atoms with van der Waals surface area (Å²) in [6, 6.07) is 20.5. The molecule has 1 saturated heterocycles. The van der Waals surface area contributed by atoms with Gasteiger partial charge in [-0.1, -0.05) is 106 Å². The highest BCUT2D eigenvalue weighted by Gasteiger charge is 2.31. The van der Waals surface area contributed by atoms with Crippen LogP contribution in [0.1, 0.15) is 76.7 Å². The third-order valence-electron chi connectivity index (χ3n) is 8.87. The zero-order chi connectivity index (χ0) is 24.5. The Labute approximate surface area is 213 Å². The van der Waals surface area contributed by atoms with Crippen molar-refractivity contribution in [3.63, 3.8) is 0 Å². The van der Waals surface area contributed by atoms with Crippen molar-refractivity contribution in [2.24, 2.45) is 17.8 Å². The number of unbranched alkanes of at least 4 members (excludes halogenated alkanes) is 2. The van der Waals surface area contributed by atoms with E-state index in [0.717, 1.165) is 35.3 Å². The Kier molecular flexibility index (Phi) is 10.2. The molecule has 2 aromatic carbocycles. The fraction of sp³-hybridized carbons (Fsp3) is 0.613. The molecule has 1 saturated carbocycles. The van der Waals surface area contributed by atoms with E-state index in [1.165, 1.54) is 56.9 Å². The predicted molar refractivity (Wildman–Crippen MR) is 146 cm³/mol. The monoisotopic (exact) mass is 498 g/mol. The second-order valence-electron chi connectivity index (χ2n) is 11.2.